The van der Waals surface area contributed by atoms with Gasteiger partial charge in [0.15, 0.2) is 0 Å². The predicted molar refractivity (Wildman–Crippen MR) is 92.4 cm³/mol. The number of amides is 2. The predicted octanol–water partition coefficient (Wildman–Crippen LogP) is 2.17. The van der Waals surface area contributed by atoms with Crippen molar-refractivity contribution in [3.05, 3.63) is 34.9 Å². The van der Waals surface area contributed by atoms with Crippen molar-refractivity contribution >= 4 is 29.4 Å². The highest BCUT2D eigenvalue weighted by Gasteiger charge is 2.50. The number of carboxylic acids is 1. The van der Waals surface area contributed by atoms with Crippen molar-refractivity contribution in [2.24, 2.45) is 11.3 Å². The number of rotatable bonds is 5. The Morgan fingerprint density at radius 2 is 1.92 bits per heavy atom. The second-order valence-corrected chi connectivity index (χ2v) is 7.34. The fourth-order valence-electron chi connectivity index (χ4n) is 3.17. The van der Waals surface area contributed by atoms with Gasteiger partial charge in [0.25, 0.3) is 5.91 Å². The average molecular weight is 365 g/mol. The molecule has 2 amide bonds. The van der Waals surface area contributed by atoms with E-state index >= 15 is 0 Å². The van der Waals surface area contributed by atoms with E-state index in [-0.39, 0.29) is 24.3 Å². The van der Waals surface area contributed by atoms with E-state index < -0.39 is 11.4 Å². The molecule has 1 aromatic carbocycles. The summed E-state index contributed by atoms with van der Waals surface area (Å²) in [7, 11) is 0. The van der Waals surface area contributed by atoms with Crippen molar-refractivity contribution in [3.8, 4) is 0 Å². The lowest BCUT2D eigenvalue weighted by molar-refractivity contribution is -0.143. The van der Waals surface area contributed by atoms with Crippen LogP contribution in [0.5, 0.6) is 0 Å². The van der Waals surface area contributed by atoms with Crippen LogP contribution in [-0.2, 0) is 9.59 Å². The first-order valence-corrected chi connectivity index (χ1v) is 8.85. The van der Waals surface area contributed by atoms with Gasteiger partial charge in [-0.05, 0) is 49.9 Å². The highest BCUT2D eigenvalue weighted by atomic mass is 35.5. The fourth-order valence-corrected chi connectivity index (χ4v) is 3.29. The van der Waals surface area contributed by atoms with E-state index in [1.54, 1.807) is 29.2 Å². The number of piperidine rings is 1. The number of carbonyl (C=O) groups excluding carboxylic acids is 2. The number of nitrogens with one attached hydrogen (secondary N) is 1. The maximum atomic E-state index is 12.6. The SMILES string of the molecule is O=C(NCC1(C(=O)O)CC1)C1CCCN(C(=O)c2ccc(Cl)cc2)C1. The summed E-state index contributed by atoms with van der Waals surface area (Å²) >= 11 is 5.85. The van der Waals surface area contributed by atoms with Crippen molar-refractivity contribution in [1.82, 2.24) is 10.2 Å². The molecule has 1 aromatic rings. The molecule has 1 atom stereocenters. The molecular weight excluding hydrogens is 344 g/mol. The largest absolute Gasteiger partial charge is 0.481 e. The van der Waals surface area contributed by atoms with E-state index in [9.17, 15) is 19.5 Å². The minimum atomic E-state index is -0.851. The standard InChI is InChI=1S/C18H21ClN2O4/c19-14-5-3-12(4-6-14)16(23)21-9-1-2-13(10-21)15(22)20-11-18(7-8-18)17(24)25/h3-6,13H,1-2,7-11H2,(H,20,22)(H,24,25). The zero-order valence-electron chi connectivity index (χ0n) is 13.8. The van der Waals surface area contributed by atoms with Crippen LogP contribution in [-0.4, -0.2) is 47.4 Å². The Balaban J connectivity index is 1.57. The van der Waals surface area contributed by atoms with E-state index in [0.29, 0.717) is 42.9 Å². The number of aliphatic carboxylic acids is 1. The highest BCUT2D eigenvalue weighted by molar-refractivity contribution is 6.30. The molecule has 1 aliphatic heterocycles. The Kier molecular flexibility index (Phi) is 4.99. The summed E-state index contributed by atoms with van der Waals surface area (Å²) in [4.78, 5) is 37.8. The lowest BCUT2D eigenvalue weighted by Crippen LogP contribution is -2.46. The third kappa shape index (κ3) is 3.95. The van der Waals surface area contributed by atoms with E-state index in [2.05, 4.69) is 5.32 Å². The average Bonchev–Trinajstić information content (AvgIpc) is 3.41. The summed E-state index contributed by atoms with van der Waals surface area (Å²) in [6, 6.07) is 6.70. The maximum absolute atomic E-state index is 12.6. The zero-order chi connectivity index (χ0) is 18.0. The number of hydrogen-bond donors (Lipinski definition) is 2. The smallest absolute Gasteiger partial charge is 0.311 e. The minimum Gasteiger partial charge on any atom is -0.481 e. The summed E-state index contributed by atoms with van der Waals surface area (Å²) in [5, 5.41) is 12.5. The number of nitrogens with zero attached hydrogens (tertiary/aromatic N) is 1. The van der Waals surface area contributed by atoms with Crippen LogP contribution < -0.4 is 5.32 Å². The van der Waals surface area contributed by atoms with Crippen molar-refractivity contribution in [2.45, 2.75) is 25.7 Å². The molecule has 2 fully saturated rings. The summed E-state index contributed by atoms with van der Waals surface area (Å²) in [5.41, 5.74) is -0.225. The molecule has 6 nitrogen and oxygen atoms in total. The van der Waals surface area contributed by atoms with Gasteiger partial charge in [-0.25, -0.2) is 0 Å². The van der Waals surface area contributed by atoms with Crippen molar-refractivity contribution in [1.29, 1.82) is 0 Å². The quantitative estimate of drug-likeness (QED) is 0.838. The second-order valence-electron chi connectivity index (χ2n) is 6.90. The minimum absolute atomic E-state index is 0.113. The third-order valence-corrected chi connectivity index (χ3v) is 5.33. The Bertz CT molecular complexity index is 685. The van der Waals surface area contributed by atoms with Gasteiger partial charge in [-0.1, -0.05) is 11.6 Å². The summed E-state index contributed by atoms with van der Waals surface area (Å²) < 4.78 is 0. The van der Waals surface area contributed by atoms with Crippen LogP contribution in [0.15, 0.2) is 24.3 Å². The number of carbonyl (C=O) groups is 3. The van der Waals surface area contributed by atoms with Crippen LogP contribution in [0.1, 0.15) is 36.0 Å². The number of benzene rings is 1. The summed E-state index contributed by atoms with van der Waals surface area (Å²) in [5.74, 6) is -1.43. The molecule has 134 valence electrons. The van der Waals surface area contributed by atoms with Crippen LogP contribution in [0.3, 0.4) is 0 Å². The van der Waals surface area contributed by atoms with Crippen molar-refractivity contribution in [2.75, 3.05) is 19.6 Å². The molecule has 0 spiro atoms. The second kappa shape index (κ2) is 7.04. The zero-order valence-corrected chi connectivity index (χ0v) is 14.6. The van der Waals surface area contributed by atoms with E-state index in [0.717, 1.165) is 6.42 Å². The molecule has 0 bridgehead atoms. The van der Waals surface area contributed by atoms with Crippen LogP contribution in [0, 0.1) is 11.3 Å². The van der Waals surface area contributed by atoms with Gasteiger partial charge in [-0.3, -0.25) is 14.4 Å². The molecule has 3 rings (SSSR count). The molecule has 1 heterocycles. The molecule has 7 heteroatoms. The van der Waals surface area contributed by atoms with Gasteiger partial charge in [-0.15, -0.1) is 0 Å². The van der Waals surface area contributed by atoms with Crippen LogP contribution >= 0.6 is 11.6 Å². The first-order valence-electron chi connectivity index (χ1n) is 8.47. The monoisotopic (exact) mass is 364 g/mol. The summed E-state index contributed by atoms with van der Waals surface area (Å²) in [6.45, 7) is 1.14. The Morgan fingerprint density at radius 3 is 2.52 bits per heavy atom. The molecule has 2 N–H and O–H groups in total. The van der Waals surface area contributed by atoms with Crippen LogP contribution in [0.4, 0.5) is 0 Å². The van der Waals surface area contributed by atoms with Gasteiger partial charge in [0, 0.05) is 30.2 Å². The lowest BCUT2D eigenvalue weighted by Gasteiger charge is -2.32. The highest BCUT2D eigenvalue weighted by Crippen LogP contribution is 2.45. The molecule has 1 saturated carbocycles. The lowest BCUT2D eigenvalue weighted by atomic mass is 9.96. The molecule has 1 aliphatic carbocycles. The van der Waals surface area contributed by atoms with Crippen LogP contribution in [0.25, 0.3) is 0 Å². The van der Waals surface area contributed by atoms with Gasteiger partial charge in [0.1, 0.15) is 0 Å². The first-order chi connectivity index (χ1) is 11.9. The topological polar surface area (TPSA) is 86.7 Å². The van der Waals surface area contributed by atoms with E-state index in [4.69, 9.17) is 11.6 Å². The molecule has 25 heavy (non-hydrogen) atoms. The number of halogens is 1. The molecule has 0 radical (unpaired) electrons. The van der Waals surface area contributed by atoms with Gasteiger partial charge >= 0.3 is 5.97 Å². The van der Waals surface area contributed by atoms with Crippen LogP contribution in [0.2, 0.25) is 5.02 Å². The molecule has 0 aromatic heterocycles. The Hall–Kier alpha value is -2.08. The Labute approximate surface area is 151 Å². The van der Waals surface area contributed by atoms with E-state index in [1.807, 2.05) is 0 Å². The maximum Gasteiger partial charge on any atom is 0.311 e. The van der Waals surface area contributed by atoms with Crippen molar-refractivity contribution < 1.29 is 19.5 Å². The molecule has 1 unspecified atom stereocenters. The van der Waals surface area contributed by atoms with Gasteiger partial charge in [0.2, 0.25) is 5.91 Å². The molecular formula is C18H21ClN2O4. The van der Waals surface area contributed by atoms with E-state index in [1.165, 1.54) is 0 Å². The van der Waals surface area contributed by atoms with Gasteiger partial charge in [-0.2, -0.15) is 0 Å². The van der Waals surface area contributed by atoms with Gasteiger partial charge in [0.05, 0.1) is 11.3 Å². The van der Waals surface area contributed by atoms with Gasteiger partial charge < -0.3 is 15.3 Å². The Morgan fingerprint density at radius 1 is 1.24 bits per heavy atom. The number of carboxylic acid groups (broad SMARTS) is 1. The summed E-state index contributed by atoms with van der Waals surface area (Å²) in [6.07, 6.45) is 2.67. The number of hydrogen-bond acceptors (Lipinski definition) is 3. The normalized spacial score (nSPS) is 21.5. The number of likely N-dealkylation sites (tertiary alicyclic amines) is 1. The molecule has 1 saturated heterocycles. The fraction of sp³-hybridized carbons (Fsp3) is 0.500. The first kappa shape index (κ1) is 17.7. The van der Waals surface area contributed by atoms with Crippen molar-refractivity contribution in [3.63, 3.8) is 0 Å². The molecule has 2 aliphatic rings. The third-order valence-electron chi connectivity index (χ3n) is 5.08.